The number of nitrogens with zero attached hydrogens (tertiary/aromatic N) is 4. The maximum Gasteiger partial charge on any atom is 0.269 e. The Morgan fingerprint density at radius 3 is 2.21 bits per heavy atom. The van der Waals surface area contributed by atoms with Crippen molar-refractivity contribution in [2.24, 2.45) is 4.99 Å². The van der Waals surface area contributed by atoms with E-state index in [0.717, 1.165) is 17.1 Å². The van der Waals surface area contributed by atoms with E-state index in [0.29, 0.717) is 39.3 Å². The van der Waals surface area contributed by atoms with E-state index in [4.69, 9.17) is 4.99 Å². The van der Waals surface area contributed by atoms with Gasteiger partial charge in [0.05, 0.1) is 11.5 Å². The minimum atomic E-state index is -0.404. The highest BCUT2D eigenvalue weighted by molar-refractivity contribution is 5.80. The molecular weight excluding hydrogens is 370 g/mol. The Kier molecular flexibility index (Phi) is 6.78. The van der Waals surface area contributed by atoms with Crippen molar-refractivity contribution in [2.45, 2.75) is 20.0 Å². The molecule has 0 aliphatic carbocycles. The molecule has 2 aromatic rings. The first-order valence-electron chi connectivity index (χ1n) is 9.59. The molecule has 3 rings (SSSR count). The third-order valence-electron chi connectivity index (χ3n) is 4.88. The van der Waals surface area contributed by atoms with Crippen molar-refractivity contribution >= 4 is 17.6 Å². The largest absolute Gasteiger partial charge is 0.352 e. The van der Waals surface area contributed by atoms with E-state index in [9.17, 15) is 14.9 Å². The number of non-ortho nitro benzene ring substituents is 1. The van der Waals surface area contributed by atoms with Crippen LogP contribution >= 0.6 is 0 Å². The lowest BCUT2D eigenvalue weighted by Gasteiger charge is -2.36. The molecule has 1 aliphatic rings. The first-order chi connectivity index (χ1) is 14.0. The van der Waals surface area contributed by atoms with Gasteiger partial charge in [-0.25, -0.2) is 4.99 Å². The lowest BCUT2D eigenvalue weighted by Crippen LogP contribution is -2.53. The Hall–Kier alpha value is -3.42. The van der Waals surface area contributed by atoms with E-state index in [2.05, 4.69) is 10.2 Å². The third-order valence-corrected chi connectivity index (χ3v) is 4.88. The molecule has 1 saturated heterocycles. The molecule has 29 heavy (non-hydrogen) atoms. The summed E-state index contributed by atoms with van der Waals surface area (Å²) in [7, 11) is 0. The fraction of sp³-hybridized carbons (Fsp3) is 0.333. The summed E-state index contributed by atoms with van der Waals surface area (Å²) in [4.78, 5) is 30.7. The summed E-state index contributed by atoms with van der Waals surface area (Å²) in [5.74, 6) is 0.863. The van der Waals surface area contributed by atoms with Crippen LogP contribution < -0.4 is 5.32 Å². The van der Waals surface area contributed by atoms with Gasteiger partial charge < -0.3 is 15.1 Å². The predicted molar refractivity (Wildman–Crippen MR) is 111 cm³/mol. The van der Waals surface area contributed by atoms with Crippen molar-refractivity contribution in [3.63, 3.8) is 0 Å². The minimum absolute atomic E-state index is 0.0760. The highest BCUT2D eigenvalue weighted by atomic mass is 16.6. The average Bonchev–Trinajstić information content (AvgIpc) is 2.75. The fourth-order valence-corrected chi connectivity index (χ4v) is 3.17. The van der Waals surface area contributed by atoms with Crippen molar-refractivity contribution < 1.29 is 9.72 Å². The zero-order valence-corrected chi connectivity index (χ0v) is 16.5. The SMILES string of the molecule is CC(=O)N1CCN(C(=NCc2ccccc2)NCc2ccc([N+](=O)[O-])cc2)CC1. The number of carbonyl (C=O) groups is 1. The van der Waals surface area contributed by atoms with Crippen LogP contribution in [0.15, 0.2) is 59.6 Å². The summed E-state index contributed by atoms with van der Waals surface area (Å²) < 4.78 is 0. The second-order valence-electron chi connectivity index (χ2n) is 6.90. The van der Waals surface area contributed by atoms with Gasteiger partial charge >= 0.3 is 0 Å². The molecule has 0 radical (unpaired) electrons. The summed E-state index contributed by atoms with van der Waals surface area (Å²) >= 11 is 0. The van der Waals surface area contributed by atoms with E-state index >= 15 is 0 Å². The number of nitrogens with one attached hydrogen (secondary N) is 1. The van der Waals surface area contributed by atoms with Crippen molar-refractivity contribution in [1.82, 2.24) is 15.1 Å². The maximum atomic E-state index is 11.6. The van der Waals surface area contributed by atoms with Crippen LogP contribution in [0.25, 0.3) is 0 Å². The van der Waals surface area contributed by atoms with E-state index in [1.54, 1.807) is 19.1 Å². The molecule has 1 amide bonds. The van der Waals surface area contributed by atoms with E-state index in [1.807, 2.05) is 35.2 Å². The molecule has 0 aromatic heterocycles. The number of rotatable bonds is 5. The highest BCUT2D eigenvalue weighted by Crippen LogP contribution is 2.12. The molecule has 0 saturated carbocycles. The van der Waals surface area contributed by atoms with E-state index in [-0.39, 0.29) is 11.6 Å². The number of hydrogen-bond donors (Lipinski definition) is 1. The van der Waals surface area contributed by atoms with E-state index < -0.39 is 4.92 Å². The highest BCUT2D eigenvalue weighted by Gasteiger charge is 2.21. The fourth-order valence-electron chi connectivity index (χ4n) is 3.17. The normalized spacial score (nSPS) is 14.6. The van der Waals surface area contributed by atoms with Crippen LogP contribution in [0.5, 0.6) is 0 Å². The lowest BCUT2D eigenvalue weighted by atomic mass is 10.2. The van der Waals surface area contributed by atoms with Gasteiger partial charge in [0.15, 0.2) is 5.96 Å². The van der Waals surface area contributed by atoms with Gasteiger partial charge in [-0.2, -0.15) is 0 Å². The number of piperazine rings is 1. The number of amides is 1. The molecule has 1 fully saturated rings. The van der Waals surface area contributed by atoms with Crippen LogP contribution in [0.1, 0.15) is 18.1 Å². The topological polar surface area (TPSA) is 91.1 Å². The monoisotopic (exact) mass is 395 g/mol. The number of benzene rings is 2. The Balaban J connectivity index is 1.68. The molecule has 1 N–H and O–H groups in total. The molecule has 0 unspecified atom stereocenters. The lowest BCUT2D eigenvalue weighted by molar-refractivity contribution is -0.384. The molecule has 152 valence electrons. The summed E-state index contributed by atoms with van der Waals surface area (Å²) in [6, 6.07) is 16.5. The first-order valence-corrected chi connectivity index (χ1v) is 9.59. The smallest absolute Gasteiger partial charge is 0.269 e. The minimum Gasteiger partial charge on any atom is -0.352 e. The average molecular weight is 395 g/mol. The van der Waals surface area contributed by atoms with Gasteiger partial charge in [-0.3, -0.25) is 14.9 Å². The van der Waals surface area contributed by atoms with Crippen molar-refractivity contribution in [2.75, 3.05) is 26.2 Å². The molecule has 2 aromatic carbocycles. The number of hydrogen-bond acceptors (Lipinski definition) is 4. The van der Waals surface area contributed by atoms with Crippen LogP contribution in [-0.2, 0) is 17.9 Å². The quantitative estimate of drug-likeness (QED) is 0.363. The molecule has 0 spiro atoms. The van der Waals surface area contributed by atoms with Crippen molar-refractivity contribution in [1.29, 1.82) is 0 Å². The first kappa shape index (κ1) is 20.3. The molecule has 1 aliphatic heterocycles. The summed E-state index contributed by atoms with van der Waals surface area (Å²) in [5.41, 5.74) is 2.13. The van der Waals surface area contributed by atoms with Crippen LogP contribution in [0.4, 0.5) is 5.69 Å². The number of aliphatic imine (C=N–C) groups is 1. The second-order valence-corrected chi connectivity index (χ2v) is 6.90. The predicted octanol–water partition coefficient (Wildman–Crippen LogP) is 2.40. The summed E-state index contributed by atoms with van der Waals surface area (Å²) in [6.07, 6.45) is 0. The van der Waals surface area contributed by atoms with Gasteiger partial charge in [0, 0.05) is 51.8 Å². The van der Waals surface area contributed by atoms with Crippen LogP contribution in [-0.4, -0.2) is 52.8 Å². The second kappa shape index (κ2) is 9.68. The molecule has 8 nitrogen and oxygen atoms in total. The Morgan fingerprint density at radius 2 is 1.62 bits per heavy atom. The van der Waals surface area contributed by atoms with Crippen LogP contribution in [0, 0.1) is 10.1 Å². The number of nitro groups is 1. The van der Waals surface area contributed by atoms with Crippen LogP contribution in [0.3, 0.4) is 0 Å². The van der Waals surface area contributed by atoms with E-state index in [1.165, 1.54) is 12.1 Å². The molecule has 0 bridgehead atoms. The molecular formula is C21H25N5O3. The zero-order valence-electron chi connectivity index (χ0n) is 16.5. The van der Waals surface area contributed by atoms with Gasteiger partial charge in [-0.05, 0) is 11.1 Å². The van der Waals surface area contributed by atoms with Gasteiger partial charge in [0.1, 0.15) is 0 Å². The van der Waals surface area contributed by atoms with Gasteiger partial charge in [-0.1, -0.05) is 42.5 Å². The Morgan fingerprint density at radius 1 is 1.00 bits per heavy atom. The van der Waals surface area contributed by atoms with Gasteiger partial charge in [0.2, 0.25) is 5.91 Å². The standard InChI is InChI=1S/C21H25N5O3/c1-17(27)24-11-13-25(14-12-24)21(22-15-18-5-3-2-4-6-18)23-16-19-7-9-20(10-8-19)26(28)29/h2-10H,11-16H2,1H3,(H,22,23). The molecule has 0 atom stereocenters. The zero-order chi connectivity index (χ0) is 20.6. The maximum absolute atomic E-state index is 11.6. The number of nitro benzene ring substituents is 1. The summed E-state index contributed by atoms with van der Waals surface area (Å²) in [6.45, 7) is 5.40. The molecule has 8 heteroatoms. The Labute approximate surface area is 170 Å². The van der Waals surface area contributed by atoms with Gasteiger partial charge in [-0.15, -0.1) is 0 Å². The van der Waals surface area contributed by atoms with Crippen molar-refractivity contribution in [3.05, 3.63) is 75.8 Å². The number of guanidine groups is 1. The summed E-state index contributed by atoms with van der Waals surface area (Å²) in [5, 5.41) is 14.2. The van der Waals surface area contributed by atoms with Crippen LogP contribution in [0.2, 0.25) is 0 Å². The Bertz CT molecular complexity index is 860. The third kappa shape index (κ3) is 5.78. The van der Waals surface area contributed by atoms with Crippen molar-refractivity contribution in [3.8, 4) is 0 Å². The molecule has 1 heterocycles. The van der Waals surface area contributed by atoms with Gasteiger partial charge in [0.25, 0.3) is 5.69 Å². The number of carbonyl (C=O) groups excluding carboxylic acids is 1.